The predicted molar refractivity (Wildman–Crippen MR) is 65.5 cm³/mol. The maximum Gasteiger partial charge on any atom is 0.429 e. The van der Waals surface area contributed by atoms with Gasteiger partial charge in [0.15, 0.2) is 0 Å². The lowest BCUT2D eigenvalue weighted by Crippen LogP contribution is -2.55. The molecule has 0 aromatic rings. The molecule has 0 saturated carbocycles. The quantitative estimate of drug-likeness (QED) is 0.423. The Morgan fingerprint density at radius 1 is 0.905 bits per heavy atom. The molecule has 2 nitrogen and oxygen atoms in total. The fraction of sp³-hybridized carbons (Fsp3) is 0.846. The largest absolute Gasteiger partial charge is 0.429 e. The van der Waals surface area contributed by atoms with E-state index in [4.69, 9.17) is 10.2 Å². The minimum absolute atomic E-state index is 0.0200. The third-order valence-corrected chi connectivity index (χ3v) is 3.16. The lowest BCUT2D eigenvalue weighted by atomic mass is 9.83. The Morgan fingerprint density at radius 3 is 1.76 bits per heavy atom. The van der Waals surface area contributed by atoms with E-state index in [9.17, 15) is 26.3 Å². The zero-order valence-corrected chi connectivity index (χ0v) is 11.9. The minimum Gasteiger partial charge on any atom is -0.396 e. The van der Waals surface area contributed by atoms with Crippen LogP contribution in [-0.4, -0.2) is 34.8 Å². The molecule has 0 aliphatic heterocycles. The summed E-state index contributed by atoms with van der Waals surface area (Å²) in [4.78, 5) is 0. The molecule has 0 heterocycles. The molecular formula is C13H20F6O2. The fourth-order valence-electron chi connectivity index (χ4n) is 1.72. The van der Waals surface area contributed by atoms with Gasteiger partial charge in [-0.3, -0.25) is 0 Å². The van der Waals surface area contributed by atoms with Crippen molar-refractivity contribution >= 4 is 0 Å². The van der Waals surface area contributed by atoms with E-state index in [0.717, 1.165) is 0 Å². The first-order valence-electron chi connectivity index (χ1n) is 6.41. The standard InChI is InChI=1S/C13H20F6O2/c1-10(2,6-3-4-9-20)7-5-8-11(21,12(14,15)16)13(17,18)19/h5,8,20-21H,3-4,6-7,9H2,1-2H3/b8-5-. The van der Waals surface area contributed by atoms with Crippen LogP contribution in [0.15, 0.2) is 12.2 Å². The highest BCUT2D eigenvalue weighted by atomic mass is 19.4. The topological polar surface area (TPSA) is 40.5 Å². The van der Waals surface area contributed by atoms with Gasteiger partial charge in [0.25, 0.3) is 5.60 Å². The molecule has 0 atom stereocenters. The van der Waals surface area contributed by atoms with E-state index >= 15 is 0 Å². The molecule has 2 N–H and O–H groups in total. The second kappa shape index (κ2) is 7.00. The predicted octanol–water partition coefficient (Wildman–Crippen LogP) is 3.98. The van der Waals surface area contributed by atoms with Crippen LogP contribution in [-0.2, 0) is 0 Å². The molecule has 0 aliphatic rings. The van der Waals surface area contributed by atoms with Gasteiger partial charge in [-0.05, 0) is 30.8 Å². The van der Waals surface area contributed by atoms with Gasteiger partial charge in [0.05, 0.1) is 0 Å². The van der Waals surface area contributed by atoms with Gasteiger partial charge in [0.1, 0.15) is 0 Å². The van der Waals surface area contributed by atoms with E-state index in [1.807, 2.05) is 0 Å². The molecule has 0 radical (unpaired) electrons. The molecule has 0 rings (SSSR count). The van der Waals surface area contributed by atoms with Crippen LogP contribution < -0.4 is 0 Å². The lowest BCUT2D eigenvalue weighted by molar-refractivity contribution is -0.347. The van der Waals surface area contributed by atoms with Gasteiger partial charge < -0.3 is 10.2 Å². The average molecular weight is 322 g/mol. The van der Waals surface area contributed by atoms with Crippen molar-refractivity contribution in [1.29, 1.82) is 0 Å². The number of alkyl halides is 6. The molecule has 0 amide bonds. The van der Waals surface area contributed by atoms with Crippen molar-refractivity contribution in [2.45, 2.75) is 57.5 Å². The van der Waals surface area contributed by atoms with Gasteiger partial charge >= 0.3 is 12.4 Å². The summed E-state index contributed by atoms with van der Waals surface area (Å²) < 4.78 is 74.5. The van der Waals surface area contributed by atoms with Gasteiger partial charge in [-0.2, -0.15) is 26.3 Å². The van der Waals surface area contributed by atoms with Crippen LogP contribution >= 0.6 is 0 Å². The van der Waals surface area contributed by atoms with Crippen molar-refractivity contribution in [2.75, 3.05) is 6.61 Å². The van der Waals surface area contributed by atoms with E-state index in [1.54, 1.807) is 13.8 Å². The van der Waals surface area contributed by atoms with Crippen LogP contribution in [0.5, 0.6) is 0 Å². The van der Waals surface area contributed by atoms with Crippen LogP contribution in [0.2, 0.25) is 0 Å². The molecule has 0 spiro atoms. The number of allylic oxidation sites excluding steroid dienone is 1. The number of rotatable bonds is 7. The normalized spacial score (nSPS) is 15.0. The van der Waals surface area contributed by atoms with Crippen LogP contribution in [0.1, 0.15) is 39.5 Å². The van der Waals surface area contributed by atoms with Gasteiger partial charge in [-0.15, -0.1) is 0 Å². The van der Waals surface area contributed by atoms with Crippen LogP contribution in [0.25, 0.3) is 0 Å². The number of aliphatic hydroxyl groups is 2. The summed E-state index contributed by atoms with van der Waals surface area (Å²) in [6.45, 7) is 3.36. The Kier molecular flexibility index (Phi) is 6.75. The van der Waals surface area contributed by atoms with Crippen molar-refractivity contribution in [3.8, 4) is 0 Å². The summed E-state index contributed by atoms with van der Waals surface area (Å²) in [5, 5.41) is 17.6. The maximum atomic E-state index is 12.4. The van der Waals surface area contributed by atoms with E-state index in [0.29, 0.717) is 25.3 Å². The summed E-state index contributed by atoms with van der Waals surface area (Å²) in [6, 6.07) is 0. The Hall–Kier alpha value is -0.760. The van der Waals surface area contributed by atoms with E-state index in [2.05, 4.69) is 0 Å². The van der Waals surface area contributed by atoms with Crippen molar-refractivity contribution in [3.63, 3.8) is 0 Å². The third-order valence-electron chi connectivity index (χ3n) is 3.16. The highest BCUT2D eigenvalue weighted by Gasteiger charge is 2.68. The molecule has 8 heteroatoms. The van der Waals surface area contributed by atoms with Crippen LogP contribution in [0.4, 0.5) is 26.3 Å². The summed E-state index contributed by atoms with van der Waals surface area (Å²) >= 11 is 0. The van der Waals surface area contributed by atoms with Gasteiger partial charge in [0.2, 0.25) is 0 Å². The number of unbranched alkanes of at least 4 members (excludes halogenated alkanes) is 1. The van der Waals surface area contributed by atoms with Gasteiger partial charge in [-0.1, -0.05) is 26.3 Å². The number of aliphatic hydroxyl groups excluding tert-OH is 1. The Balaban J connectivity index is 4.90. The molecule has 126 valence electrons. The van der Waals surface area contributed by atoms with Gasteiger partial charge in [0, 0.05) is 6.61 Å². The van der Waals surface area contributed by atoms with Crippen molar-refractivity contribution in [3.05, 3.63) is 12.2 Å². The summed E-state index contributed by atoms with van der Waals surface area (Å²) in [5.74, 6) is 0. The first-order chi connectivity index (χ1) is 9.27. The van der Waals surface area contributed by atoms with E-state index in [-0.39, 0.29) is 19.1 Å². The number of hydrogen-bond donors (Lipinski definition) is 2. The number of hydrogen-bond acceptors (Lipinski definition) is 2. The Bertz CT molecular complexity index is 330. The van der Waals surface area contributed by atoms with E-state index in [1.165, 1.54) is 0 Å². The average Bonchev–Trinajstić information content (AvgIpc) is 2.25. The highest BCUT2D eigenvalue weighted by molar-refractivity contribution is 5.11. The molecule has 0 unspecified atom stereocenters. The molecular weight excluding hydrogens is 302 g/mol. The summed E-state index contributed by atoms with van der Waals surface area (Å²) in [6.07, 6.45) is -9.57. The van der Waals surface area contributed by atoms with Crippen molar-refractivity contribution in [1.82, 2.24) is 0 Å². The molecule has 0 aliphatic carbocycles. The highest BCUT2D eigenvalue weighted by Crippen LogP contribution is 2.44. The van der Waals surface area contributed by atoms with Crippen LogP contribution in [0, 0.1) is 5.41 Å². The molecule has 0 saturated heterocycles. The zero-order chi connectivity index (χ0) is 16.9. The Morgan fingerprint density at radius 2 is 1.38 bits per heavy atom. The lowest BCUT2D eigenvalue weighted by Gasteiger charge is -2.30. The molecule has 0 aromatic heterocycles. The molecule has 0 bridgehead atoms. The van der Waals surface area contributed by atoms with Crippen molar-refractivity contribution in [2.24, 2.45) is 5.41 Å². The van der Waals surface area contributed by atoms with Crippen molar-refractivity contribution < 1.29 is 36.6 Å². The van der Waals surface area contributed by atoms with E-state index < -0.39 is 23.4 Å². The number of halogens is 6. The molecule has 21 heavy (non-hydrogen) atoms. The first kappa shape index (κ1) is 20.2. The minimum atomic E-state index is -5.83. The smallest absolute Gasteiger partial charge is 0.396 e. The Labute approximate surface area is 119 Å². The third kappa shape index (κ3) is 5.86. The van der Waals surface area contributed by atoms with Gasteiger partial charge in [-0.25, -0.2) is 0 Å². The second-order valence-electron chi connectivity index (χ2n) is 5.71. The molecule has 0 fully saturated rings. The zero-order valence-electron chi connectivity index (χ0n) is 11.9. The molecule has 0 aromatic carbocycles. The summed E-state index contributed by atoms with van der Waals surface area (Å²) in [7, 11) is 0. The first-order valence-corrected chi connectivity index (χ1v) is 6.41. The van der Waals surface area contributed by atoms with Crippen LogP contribution in [0.3, 0.4) is 0 Å². The SMILES string of the molecule is CC(C)(C/C=C\C(O)(C(F)(F)F)C(F)(F)F)CCCCO. The second-order valence-corrected chi connectivity index (χ2v) is 5.71. The summed E-state index contributed by atoms with van der Waals surface area (Å²) in [5.41, 5.74) is -5.36. The maximum absolute atomic E-state index is 12.4. The monoisotopic (exact) mass is 322 g/mol. The fourth-order valence-corrected chi connectivity index (χ4v) is 1.72.